The van der Waals surface area contributed by atoms with Gasteiger partial charge in [-0.3, -0.25) is 18.9 Å². The summed E-state index contributed by atoms with van der Waals surface area (Å²) in [6.45, 7) is 3.37. The number of aryl methyl sites for hydroxylation is 2. The highest BCUT2D eigenvalue weighted by Gasteiger charge is 2.32. The van der Waals surface area contributed by atoms with Crippen LogP contribution >= 0.6 is 24.0 Å². The number of carbonyl (C=O) groups excluding carboxylic acids is 1. The molecule has 34 heavy (non-hydrogen) atoms. The van der Waals surface area contributed by atoms with E-state index in [2.05, 4.69) is 22.4 Å². The maximum absolute atomic E-state index is 13.4. The van der Waals surface area contributed by atoms with Crippen molar-refractivity contribution in [2.24, 2.45) is 0 Å². The number of nitrogens with one attached hydrogen (secondary N) is 1. The number of hydrogen-bond donors (Lipinski definition) is 1. The fourth-order valence-electron chi connectivity index (χ4n) is 3.76. The van der Waals surface area contributed by atoms with Gasteiger partial charge in [0.25, 0.3) is 11.5 Å². The maximum Gasteiger partial charge on any atom is 0.267 e. The molecule has 0 bridgehead atoms. The number of nitrogens with zero attached hydrogens (tertiary/aromatic N) is 3. The summed E-state index contributed by atoms with van der Waals surface area (Å²) < 4.78 is 7.13. The molecule has 1 saturated heterocycles. The van der Waals surface area contributed by atoms with Crippen molar-refractivity contribution >= 4 is 51.7 Å². The molecule has 0 aliphatic carbocycles. The summed E-state index contributed by atoms with van der Waals surface area (Å²) in [6, 6.07) is 13.9. The van der Waals surface area contributed by atoms with Gasteiger partial charge < -0.3 is 10.1 Å². The lowest BCUT2D eigenvalue weighted by Crippen LogP contribution is -2.29. The molecule has 1 aliphatic rings. The van der Waals surface area contributed by atoms with Crippen LogP contribution in [0.1, 0.15) is 23.1 Å². The Morgan fingerprint density at radius 3 is 2.74 bits per heavy atom. The predicted molar refractivity (Wildman–Crippen MR) is 141 cm³/mol. The molecular weight excluding hydrogens is 468 g/mol. The molecule has 3 aromatic rings. The topological polar surface area (TPSA) is 75.9 Å². The number of aromatic nitrogens is 2. The van der Waals surface area contributed by atoms with Crippen LogP contribution in [0.15, 0.2) is 58.4 Å². The summed E-state index contributed by atoms with van der Waals surface area (Å²) in [7, 11) is 1.61. The first-order valence-corrected chi connectivity index (χ1v) is 12.3. The number of benzene rings is 1. The maximum atomic E-state index is 13.4. The molecule has 0 atom stereocenters. The summed E-state index contributed by atoms with van der Waals surface area (Å²) in [5.41, 5.74) is 2.75. The molecular formula is C25H26N4O3S2. The fourth-order valence-corrected chi connectivity index (χ4v) is 5.05. The number of thioether (sulfide) groups is 1. The first kappa shape index (κ1) is 24.1. The quantitative estimate of drug-likeness (QED) is 0.275. The smallest absolute Gasteiger partial charge is 0.267 e. The Morgan fingerprint density at radius 2 is 1.97 bits per heavy atom. The lowest BCUT2D eigenvalue weighted by atomic mass is 10.1. The van der Waals surface area contributed by atoms with Crippen LogP contribution in [0.3, 0.4) is 0 Å². The van der Waals surface area contributed by atoms with Crippen molar-refractivity contribution in [3.63, 3.8) is 0 Å². The number of amides is 1. The minimum absolute atomic E-state index is 0.181. The zero-order chi connectivity index (χ0) is 24.1. The minimum atomic E-state index is -0.247. The number of anilines is 1. The third-order valence-corrected chi connectivity index (χ3v) is 6.90. The van der Waals surface area contributed by atoms with Crippen molar-refractivity contribution in [1.82, 2.24) is 14.3 Å². The zero-order valence-electron chi connectivity index (χ0n) is 19.1. The first-order valence-electron chi connectivity index (χ1n) is 11.0. The Labute approximate surface area is 207 Å². The van der Waals surface area contributed by atoms with Gasteiger partial charge in [0.2, 0.25) is 0 Å². The van der Waals surface area contributed by atoms with E-state index in [4.69, 9.17) is 17.0 Å². The van der Waals surface area contributed by atoms with Crippen molar-refractivity contribution in [2.45, 2.75) is 19.8 Å². The van der Waals surface area contributed by atoms with Crippen LogP contribution in [0.4, 0.5) is 5.82 Å². The SMILES string of the molecule is COCCNc1nc2c(C)cccn2c(=O)c1/C=C1\SC(=S)N(CCCc2ccccc2)C1=O. The molecule has 0 unspecified atom stereocenters. The second kappa shape index (κ2) is 10.9. The van der Waals surface area contributed by atoms with E-state index in [1.807, 2.05) is 31.2 Å². The van der Waals surface area contributed by atoms with Crippen LogP contribution < -0.4 is 10.9 Å². The Morgan fingerprint density at radius 1 is 1.18 bits per heavy atom. The van der Waals surface area contributed by atoms with E-state index in [-0.39, 0.29) is 11.5 Å². The summed E-state index contributed by atoms with van der Waals surface area (Å²) >= 11 is 6.70. The van der Waals surface area contributed by atoms with E-state index < -0.39 is 0 Å². The largest absolute Gasteiger partial charge is 0.383 e. The van der Waals surface area contributed by atoms with E-state index in [1.165, 1.54) is 21.7 Å². The van der Waals surface area contributed by atoms with Gasteiger partial charge in [0.05, 0.1) is 17.1 Å². The zero-order valence-corrected chi connectivity index (χ0v) is 20.7. The molecule has 3 heterocycles. The third-order valence-electron chi connectivity index (χ3n) is 5.52. The summed E-state index contributed by atoms with van der Waals surface area (Å²) in [4.78, 5) is 33.2. The number of methoxy groups -OCH3 is 1. The molecule has 1 N–H and O–H groups in total. The van der Waals surface area contributed by atoms with E-state index in [0.29, 0.717) is 46.0 Å². The number of rotatable bonds is 9. The van der Waals surface area contributed by atoms with Crippen molar-refractivity contribution in [2.75, 3.05) is 32.1 Å². The molecule has 1 aromatic carbocycles. The van der Waals surface area contributed by atoms with Gasteiger partial charge in [0.15, 0.2) is 0 Å². The van der Waals surface area contributed by atoms with Crippen LogP contribution in [0.5, 0.6) is 0 Å². The van der Waals surface area contributed by atoms with Crippen LogP contribution in [0.25, 0.3) is 11.7 Å². The molecule has 0 saturated carbocycles. The molecule has 176 valence electrons. The number of fused-ring (bicyclic) bond motifs is 1. The van der Waals surface area contributed by atoms with E-state index in [9.17, 15) is 9.59 Å². The molecule has 0 spiro atoms. The average Bonchev–Trinajstić information content (AvgIpc) is 3.10. The van der Waals surface area contributed by atoms with Gasteiger partial charge in [-0.15, -0.1) is 0 Å². The molecule has 1 fully saturated rings. The Kier molecular flexibility index (Phi) is 7.77. The van der Waals surface area contributed by atoms with Crippen LogP contribution in [-0.2, 0) is 16.0 Å². The van der Waals surface area contributed by atoms with Crippen LogP contribution in [0, 0.1) is 6.92 Å². The van der Waals surface area contributed by atoms with Crippen molar-refractivity contribution in [3.8, 4) is 0 Å². The monoisotopic (exact) mass is 494 g/mol. The first-order chi connectivity index (χ1) is 16.5. The predicted octanol–water partition coefficient (Wildman–Crippen LogP) is 3.90. The molecule has 2 aromatic heterocycles. The summed E-state index contributed by atoms with van der Waals surface area (Å²) in [5.74, 6) is 0.241. The van der Waals surface area contributed by atoms with Gasteiger partial charge in [-0.05, 0) is 43.0 Å². The normalized spacial score (nSPS) is 15.0. The highest BCUT2D eigenvalue weighted by atomic mass is 32.2. The minimum Gasteiger partial charge on any atom is -0.383 e. The van der Waals surface area contributed by atoms with Gasteiger partial charge in [0, 0.05) is 26.4 Å². The molecule has 4 rings (SSSR count). The number of carbonyl (C=O) groups is 1. The highest BCUT2D eigenvalue weighted by molar-refractivity contribution is 8.26. The van der Waals surface area contributed by atoms with E-state index >= 15 is 0 Å². The van der Waals surface area contributed by atoms with Crippen molar-refractivity contribution in [3.05, 3.63) is 80.6 Å². The van der Waals surface area contributed by atoms with Gasteiger partial charge in [-0.2, -0.15) is 0 Å². The molecule has 0 radical (unpaired) electrons. The molecule has 7 nitrogen and oxygen atoms in total. The van der Waals surface area contributed by atoms with Gasteiger partial charge >= 0.3 is 0 Å². The van der Waals surface area contributed by atoms with E-state index in [1.54, 1.807) is 30.3 Å². The van der Waals surface area contributed by atoms with Crippen LogP contribution in [0.2, 0.25) is 0 Å². The number of pyridine rings is 1. The van der Waals surface area contributed by atoms with Gasteiger partial charge in [0.1, 0.15) is 15.8 Å². The van der Waals surface area contributed by atoms with Gasteiger partial charge in [-0.1, -0.05) is 60.4 Å². The Balaban J connectivity index is 1.61. The average molecular weight is 495 g/mol. The van der Waals surface area contributed by atoms with Gasteiger partial charge in [-0.25, -0.2) is 4.98 Å². The van der Waals surface area contributed by atoms with Crippen LogP contribution in [-0.4, -0.2) is 51.3 Å². The third kappa shape index (κ3) is 5.22. The lowest BCUT2D eigenvalue weighted by molar-refractivity contribution is -0.122. The molecule has 1 amide bonds. The molecule has 9 heteroatoms. The second-order valence-electron chi connectivity index (χ2n) is 7.91. The number of hydrogen-bond acceptors (Lipinski definition) is 7. The molecule has 1 aliphatic heterocycles. The Hall–Kier alpha value is -3.01. The standard InChI is InChI=1S/C25H26N4O3S2/c1-17-8-6-13-28-22(17)27-21(26-12-15-32-2)19(23(28)30)16-20-24(31)29(25(33)34-20)14-7-11-18-9-4-3-5-10-18/h3-6,8-10,13,16,26H,7,11-12,14-15H2,1-2H3/b20-16-. The second-order valence-corrected chi connectivity index (χ2v) is 9.58. The summed E-state index contributed by atoms with van der Waals surface area (Å²) in [6.07, 6.45) is 4.95. The van der Waals surface area contributed by atoms with Crippen molar-refractivity contribution in [1.29, 1.82) is 0 Å². The fraction of sp³-hybridized carbons (Fsp3) is 0.280. The number of ether oxygens (including phenoxy) is 1. The Bertz CT molecular complexity index is 1300. The highest BCUT2D eigenvalue weighted by Crippen LogP contribution is 2.33. The summed E-state index contributed by atoms with van der Waals surface area (Å²) in [5, 5.41) is 3.18. The van der Waals surface area contributed by atoms with E-state index in [0.717, 1.165) is 18.4 Å². The van der Waals surface area contributed by atoms with Crippen molar-refractivity contribution < 1.29 is 9.53 Å². The lowest BCUT2D eigenvalue weighted by Gasteiger charge is -2.14. The number of thiocarbonyl (C=S) groups is 1.